The Kier molecular flexibility index (Phi) is 7.43. The van der Waals surface area contributed by atoms with Crippen LogP contribution in [0, 0.1) is 29.8 Å². The van der Waals surface area contributed by atoms with Crippen LogP contribution in [0.2, 0.25) is 0 Å². The Labute approximate surface area is 164 Å². The van der Waals surface area contributed by atoms with Crippen molar-refractivity contribution in [3.63, 3.8) is 0 Å². The molecule has 0 aliphatic carbocycles. The zero-order valence-corrected chi connectivity index (χ0v) is 17.2. The fourth-order valence-electron chi connectivity index (χ4n) is 2.05. The summed E-state index contributed by atoms with van der Waals surface area (Å²) in [5, 5.41) is 15.9. The molecule has 2 aromatic carbocycles. The minimum absolute atomic E-state index is 0.00182. The summed E-state index contributed by atoms with van der Waals surface area (Å²) in [5.74, 6) is 0.853. The third kappa shape index (κ3) is 5.20. The molecule has 2 aromatic rings. The Balaban J connectivity index is 2.06. The Morgan fingerprint density at radius 1 is 1.00 bits per heavy atom. The highest BCUT2D eigenvalue weighted by atomic mass is 127. The van der Waals surface area contributed by atoms with E-state index in [1.807, 2.05) is 24.3 Å². The van der Waals surface area contributed by atoms with Crippen LogP contribution in [-0.4, -0.2) is 20.3 Å². The van der Waals surface area contributed by atoms with Gasteiger partial charge in [0.25, 0.3) is 0 Å². The lowest BCUT2D eigenvalue weighted by Crippen LogP contribution is -3.61. The maximum absolute atomic E-state index is 12.2. The highest BCUT2D eigenvalue weighted by Crippen LogP contribution is 2.14. The van der Waals surface area contributed by atoms with Crippen molar-refractivity contribution < 1.29 is 34.4 Å². The molecule has 0 unspecified atom stereocenters. The number of ether oxygens (including phenoxy) is 1. The molecule has 0 N–H and O–H groups in total. The molecule has 0 aliphatic rings. The molecular formula is C19H18IN2O3S+. The van der Waals surface area contributed by atoms with Crippen LogP contribution in [0.25, 0.3) is 0 Å². The predicted octanol–water partition coefficient (Wildman–Crippen LogP) is 0.183. The normalized spacial score (nSPS) is 10.9. The van der Waals surface area contributed by atoms with Gasteiger partial charge in [-0.25, -0.2) is 8.42 Å². The molecule has 2 rings (SSSR count). The molecule has 134 valence electrons. The van der Waals surface area contributed by atoms with Gasteiger partial charge in [0.05, 0.1) is 23.6 Å². The second kappa shape index (κ2) is 9.56. The first-order valence-corrected chi connectivity index (χ1v) is 11.7. The van der Waals surface area contributed by atoms with Gasteiger partial charge in [-0.2, -0.15) is 10.5 Å². The molecule has 0 saturated carbocycles. The molecule has 0 amide bonds. The van der Waals surface area contributed by atoms with E-state index in [0.717, 1.165) is 22.2 Å². The molecule has 26 heavy (non-hydrogen) atoms. The number of unbranched alkanes of at least 4 members (excludes halogenated alkanes) is 1. The van der Waals surface area contributed by atoms with Crippen LogP contribution < -0.4 is 25.9 Å². The van der Waals surface area contributed by atoms with Crippen LogP contribution in [-0.2, 0) is 9.84 Å². The van der Waals surface area contributed by atoms with E-state index < -0.39 is 36.3 Å². The van der Waals surface area contributed by atoms with Gasteiger partial charge in [-0.1, -0.05) is 13.3 Å². The monoisotopic (exact) mass is 481 g/mol. The summed E-state index contributed by atoms with van der Waals surface area (Å²) >= 11 is -0.454. The van der Waals surface area contributed by atoms with Crippen molar-refractivity contribution in [2.24, 2.45) is 0 Å². The summed E-state index contributed by atoms with van der Waals surface area (Å²) in [6, 6.07) is 17.4. The minimum Gasteiger partial charge on any atom is -0.494 e. The van der Waals surface area contributed by atoms with Crippen molar-refractivity contribution in [3.05, 3.63) is 55.7 Å². The second-order valence-electron chi connectivity index (χ2n) is 5.39. The number of sulfone groups is 1. The van der Waals surface area contributed by atoms with E-state index in [9.17, 15) is 8.42 Å². The first-order valence-electron chi connectivity index (χ1n) is 8.02. The summed E-state index contributed by atoms with van der Waals surface area (Å²) in [5.41, 5.74) is 0. The number of benzene rings is 2. The smallest absolute Gasteiger partial charge is 0.357 e. The molecule has 5 nitrogen and oxygen atoms in total. The fourth-order valence-corrected chi connectivity index (χ4v) is 5.27. The van der Waals surface area contributed by atoms with E-state index in [4.69, 9.17) is 15.3 Å². The van der Waals surface area contributed by atoms with Crippen molar-refractivity contribution in [2.45, 2.75) is 29.9 Å². The summed E-state index contributed by atoms with van der Waals surface area (Å²) in [6.07, 6.45) is 2.13. The lowest BCUT2D eigenvalue weighted by molar-refractivity contribution is -0.597. The third-order valence-corrected chi connectivity index (χ3v) is 7.93. The van der Waals surface area contributed by atoms with Crippen LogP contribution in [0.3, 0.4) is 0 Å². The van der Waals surface area contributed by atoms with Crippen molar-refractivity contribution in [1.29, 1.82) is 10.5 Å². The van der Waals surface area contributed by atoms with Crippen molar-refractivity contribution >= 4 is 9.84 Å². The predicted molar refractivity (Wildman–Crippen MR) is 92.9 cm³/mol. The SMILES string of the molecule is CCCCOc1ccc([I+]c2ccc(S(=O)(=O)C(C#N)C#N)cc2)cc1. The molecule has 0 saturated heterocycles. The minimum atomic E-state index is -3.93. The van der Waals surface area contributed by atoms with E-state index in [0.29, 0.717) is 6.61 Å². The van der Waals surface area contributed by atoms with E-state index in [1.54, 1.807) is 12.1 Å². The molecule has 0 aromatic heterocycles. The standard InChI is InChI=1S/C19H18IN2O3S/c1-2-3-12-25-17-8-4-15(5-9-17)20-16-6-10-18(11-7-16)26(23,24)19(13-21)14-22/h4-11,19H,2-3,12H2,1H3/q+1. The fraction of sp³-hybridized carbons (Fsp3) is 0.263. The summed E-state index contributed by atoms with van der Waals surface area (Å²) in [4.78, 5) is -0.00182. The summed E-state index contributed by atoms with van der Waals surface area (Å²) < 4.78 is 32.2. The molecular weight excluding hydrogens is 463 g/mol. The van der Waals surface area contributed by atoms with Crippen molar-refractivity contribution in [1.82, 2.24) is 0 Å². The zero-order valence-electron chi connectivity index (χ0n) is 14.2. The number of halogens is 1. The van der Waals surface area contributed by atoms with Gasteiger partial charge in [0.2, 0.25) is 15.1 Å². The maximum atomic E-state index is 12.2. The van der Waals surface area contributed by atoms with Gasteiger partial charge in [0.15, 0.2) is 7.14 Å². The Morgan fingerprint density at radius 2 is 1.54 bits per heavy atom. The van der Waals surface area contributed by atoms with E-state index >= 15 is 0 Å². The van der Waals surface area contributed by atoms with Crippen LogP contribution in [0.1, 0.15) is 19.8 Å². The first kappa shape index (κ1) is 20.2. The van der Waals surface area contributed by atoms with Gasteiger partial charge >= 0.3 is 21.2 Å². The molecule has 0 heterocycles. The Hall–Kier alpha value is -2.10. The van der Waals surface area contributed by atoms with Gasteiger partial charge in [0, 0.05) is 0 Å². The molecule has 7 heteroatoms. The third-order valence-electron chi connectivity index (χ3n) is 3.49. The number of hydrogen-bond donors (Lipinski definition) is 0. The van der Waals surface area contributed by atoms with Crippen molar-refractivity contribution in [2.75, 3.05) is 6.61 Å². The number of nitrogens with zero attached hydrogens (tertiary/aromatic N) is 2. The largest absolute Gasteiger partial charge is 0.494 e. The van der Waals surface area contributed by atoms with Crippen LogP contribution >= 0.6 is 0 Å². The average molecular weight is 481 g/mol. The van der Waals surface area contributed by atoms with Gasteiger partial charge in [0.1, 0.15) is 5.75 Å². The Morgan fingerprint density at radius 3 is 2.04 bits per heavy atom. The van der Waals surface area contributed by atoms with E-state index in [2.05, 4.69) is 6.92 Å². The second-order valence-corrected chi connectivity index (χ2v) is 10.5. The number of nitriles is 2. The van der Waals surface area contributed by atoms with Crippen LogP contribution in [0.4, 0.5) is 0 Å². The molecule has 0 fully saturated rings. The van der Waals surface area contributed by atoms with E-state index in [-0.39, 0.29) is 4.90 Å². The van der Waals surface area contributed by atoms with Gasteiger partial charge in [-0.05, 0) is 55.0 Å². The van der Waals surface area contributed by atoms with Crippen LogP contribution in [0.15, 0.2) is 53.4 Å². The van der Waals surface area contributed by atoms with E-state index in [1.165, 1.54) is 27.8 Å². The number of hydrogen-bond acceptors (Lipinski definition) is 5. The molecule has 0 spiro atoms. The maximum Gasteiger partial charge on any atom is 0.357 e. The molecule has 0 aliphatic heterocycles. The highest BCUT2D eigenvalue weighted by molar-refractivity contribution is 7.92. The summed E-state index contributed by atoms with van der Waals surface area (Å²) in [7, 11) is -3.93. The molecule has 0 atom stereocenters. The zero-order chi connectivity index (χ0) is 19.0. The van der Waals surface area contributed by atoms with Crippen molar-refractivity contribution in [3.8, 4) is 17.9 Å². The topological polar surface area (TPSA) is 90.9 Å². The molecule has 0 radical (unpaired) electrons. The first-order chi connectivity index (χ1) is 12.5. The van der Waals surface area contributed by atoms with Gasteiger partial charge in [-0.3, -0.25) is 0 Å². The van der Waals surface area contributed by atoms with Crippen LogP contribution in [0.5, 0.6) is 5.75 Å². The number of rotatable bonds is 8. The molecule has 0 bridgehead atoms. The highest BCUT2D eigenvalue weighted by Gasteiger charge is 2.28. The lowest BCUT2D eigenvalue weighted by atomic mass is 10.3. The lowest BCUT2D eigenvalue weighted by Gasteiger charge is -2.04. The quantitative estimate of drug-likeness (QED) is 0.397. The average Bonchev–Trinajstić information content (AvgIpc) is 2.64. The summed E-state index contributed by atoms with van der Waals surface area (Å²) in [6.45, 7) is 2.83. The Bertz CT molecular complexity index is 897. The van der Waals surface area contributed by atoms with Gasteiger partial charge in [-0.15, -0.1) is 0 Å². The van der Waals surface area contributed by atoms with Gasteiger partial charge < -0.3 is 4.74 Å².